The molecule has 0 amide bonds. The van der Waals surface area contributed by atoms with Crippen molar-refractivity contribution in [3.05, 3.63) is 58.6 Å². The molecule has 5 heteroatoms. The fraction of sp³-hybridized carbons (Fsp3) is 0.235. The van der Waals surface area contributed by atoms with Crippen molar-refractivity contribution in [1.29, 1.82) is 0 Å². The maximum absolute atomic E-state index is 11.6. The van der Waals surface area contributed by atoms with Gasteiger partial charge in [-0.1, -0.05) is 29.3 Å². The van der Waals surface area contributed by atoms with Crippen molar-refractivity contribution in [3.63, 3.8) is 0 Å². The number of rotatable bonds is 6. The van der Waals surface area contributed by atoms with Crippen molar-refractivity contribution in [2.24, 2.45) is 0 Å². The van der Waals surface area contributed by atoms with E-state index in [1.54, 1.807) is 25.3 Å². The highest BCUT2D eigenvalue weighted by Crippen LogP contribution is 2.30. The Kier molecular flexibility index (Phi) is 5.75. The zero-order valence-corrected chi connectivity index (χ0v) is 13.9. The van der Waals surface area contributed by atoms with Gasteiger partial charge >= 0.3 is 5.97 Å². The van der Waals surface area contributed by atoms with Gasteiger partial charge in [0.15, 0.2) is 0 Å². The molecule has 116 valence electrons. The van der Waals surface area contributed by atoms with Crippen LogP contribution in [0.2, 0.25) is 5.02 Å². The van der Waals surface area contributed by atoms with E-state index < -0.39 is 11.2 Å². The van der Waals surface area contributed by atoms with E-state index in [2.05, 4.69) is 0 Å². The highest BCUT2D eigenvalue weighted by atomic mass is 35.5. The lowest BCUT2D eigenvalue weighted by Gasteiger charge is -2.15. The topological polar surface area (TPSA) is 46.5 Å². The molecule has 0 saturated heterocycles. The molecule has 0 heterocycles. The van der Waals surface area contributed by atoms with Gasteiger partial charge in [0, 0.05) is 9.92 Å². The van der Waals surface area contributed by atoms with Gasteiger partial charge in [0.1, 0.15) is 11.0 Å². The number of carboxylic acids is 1. The molecule has 0 unspecified atom stereocenters. The number of thioether (sulfide) groups is 1. The number of hydrogen-bond acceptors (Lipinski definition) is 3. The number of aryl methyl sites for hydroxylation is 1. The Morgan fingerprint density at radius 3 is 2.55 bits per heavy atom. The minimum absolute atomic E-state index is 0.345. The average molecular weight is 337 g/mol. The lowest BCUT2D eigenvalue weighted by Crippen LogP contribution is -2.19. The molecular weight excluding hydrogens is 320 g/mol. The molecule has 0 bridgehead atoms. The predicted molar refractivity (Wildman–Crippen MR) is 90.2 cm³/mol. The largest absolute Gasteiger partial charge is 0.496 e. The second-order valence-corrected chi connectivity index (χ2v) is 6.63. The average Bonchev–Trinajstić information content (AvgIpc) is 2.49. The summed E-state index contributed by atoms with van der Waals surface area (Å²) in [6.07, 6.45) is 0.345. The monoisotopic (exact) mass is 336 g/mol. The van der Waals surface area contributed by atoms with Crippen LogP contribution < -0.4 is 4.74 Å². The van der Waals surface area contributed by atoms with E-state index in [1.165, 1.54) is 11.8 Å². The molecule has 0 aliphatic carbocycles. The molecule has 0 saturated carbocycles. The summed E-state index contributed by atoms with van der Waals surface area (Å²) >= 11 is 7.33. The van der Waals surface area contributed by atoms with Gasteiger partial charge in [0.25, 0.3) is 0 Å². The van der Waals surface area contributed by atoms with Crippen molar-refractivity contribution in [2.75, 3.05) is 7.11 Å². The summed E-state index contributed by atoms with van der Waals surface area (Å²) in [5, 5.41) is 9.46. The van der Waals surface area contributed by atoms with Crippen LogP contribution in [0.25, 0.3) is 0 Å². The van der Waals surface area contributed by atoms with Crippen LogP contribution in [0.1, 0.15) is 11.1 Å². The van der Waals surface area contributed by atoms with Gasteiger partial charge in [0.2, 0.25) is 0 Å². The molecule has 3 nitrogen and oxygen atoms in total. The van der Waals surface area contributed by atoms with E-state index in [1.807, 2.05) is 31.2 Å². The van der Waals surface area contributed by atoms with Gasteiger partial charge in [-0.3, -0.25) is 4.79 Å². The van der Waals surface area contributed by atoms with Crippen LogP contribution >= 0.6 is 23.4 Å². The Hall–Kier alpha value is -1.65. The summed E-state index contributed by atoms with van der Waals surface area (Å²) in [7, 11) is 1.57. The van der Waals surface area contributed by atoms with Gasteiger partial charge in [-0.15, -0.1) is 11.8 Å². The Morgan fingerprint density at radius 2 is 1.95 bits per heavy atom. The lowest BCUT2D eigenvalue weighted by molar-refractivity contribution is -0.136. The molecule has 1 atom stereocenters. The first-order chi connectivity index (χ1) is 10.5. The number of ether oxygens (including phenoxy) is 1. The second-order valence-electron chi connectivity index (χ2n) is 4.92. The molecule has 2 aromatic carbocycles. The van der Waals surface area contributed by atoms with Crippen LogP contribution in [-0.2, 0) is 11.2 Å². The van der Waals surface area contributed by atoms with Gasteiger partial charge in [0.05, 0.1) is 7.11 Å². The number of carboxylic acid groups (broad SMARTS) is 1. The summed E-state index contributed by atoms with van der Waals surface area (Å²) in [6, 6.07) is 13.1. The Bertz CT molecular complexity index is 655. The molecule has 0 radical (unpaired) electrons. The smallest absolute Gasteiger partial charge is 0.317 e. The maximum atomic E-state index is 11.6. The standard InChI is InChI=1S/C17H17ClO3S/c1-11-3-6-14(7-4-11)22-16(17(19)20)10-12-9-13(18)5-8-15(12)21-2/h3-9,16H,10H2,1-2H3,(H,19,20)/t16-/m0/s1. The highest BCUT2D eigenvalue weighted by Gasteiger charge is 2.21. The lowest BCUT2D eigenvalue weighted by atomic mass is 10.1. The van der Waals surface area contributed by atoms with E-state index in [9.17, 15) is 9.90 Å². The number of halogens is 1. The van der Waals surface area contributed by atoms with Crippen LogP contribution in [-0.4, -0.2) is 23.4 Å². The fourth-order valence-electron chi connectivity index (χ4n) is 2.07. The van der Waals surface area contributed by atoms with E-state index >= 15 is 0 Å². The van der Waals surface area contributed by atoms with Gasteiger partial charge in [-0.05, 0) is 49.2 Å². The highest BCUT2D eigenvalue weighted by molar-refractivity contribution is 8.00. The summed E-state index contributed by atoms with van der Waals surface area (Å²) in [6.45, 7) is 2.00. The predicted octanol–water partition coefficient (Wildman–Crippen LogP) is 4.45. The van der Waals surface area contributed by atoms with Crippen LogP contribution in [0.5, 0.6) is 5.75 Å². The normalized spacial score (nSPS) is 12.0. The van der Waals surface area contributed by atoms with Crippen LogP contribution in [0, 0.1) is 6.92 Å². The summed E-state index contributed by atoms with van der Waals surface area (Å²) < 4.78 is 5.29. The first-order valence-corrected chi connectivity index (χ1v) is 8.04. The molecule has 1 N–H and O–H groups in total. The second kappa shape index (κ2) is 7.56. The van der Waals surface area contributed by atoms with E-state index in [0.717, 1.165) is 16.0 Å². The maximum Gasteiger partial charge on any atom is 0.317 e. The van der Waals surface area contributed by atoms with Crippen molar-refractivity contribution in [1.82, 2.24) is 0 Å². The van der Waals surface area contributed by atoms with Crippen molar-refractivity contribution < 1.29 is 14.6 Å². The minimum atomic E-state index is -0.854. The van der Waals surface area contributed by atoms with Crippen LogP contribution in [0.15, 0.2) is 47.4 Å². The van der Waals surface area contributed by atoms with Gasteiger partial charge < -0.3 is 9.84 Å². The summed E-state index contributed by atoms with van der Waals surface area (Å²) in [4.78, 5) is 12.5. The third-order valence-corrected chi connectivity index (χ3v) is 4.65. The van der Waals surface area contributed by atoms with Crippen LogP contribution in [0.4, 0.5) is 0 Å². The van der Waals surface area contributed by atoms with E-state index in [0.29, 0.717) is 17.2 Å². The SMILES string of the molecule is COc1ccc(Cl)cc1C[C@H](Sc1ccc(C)cc1)C(=O)O. The van der Waals surface area contributed by atoms with E-state index in [-0.39, 0.29) is 0 Å². The molecule has 2 rings (SSSR count). The molecular formula is C17H17ClO3S. The Morgan fingerprint density at radius 1 is 1.27 bits per heavy atom. The first-order valence-electron chi connectivity index (χ1n) is 6.78. The van der Waals surface area contributed by atoms with Gasteiger partial charge in [-0.25, -0.2) is 0 Å². The molecule has 0 aromatic heterocycles. The Labute approximate surface area is 139 Å². The van der Waals surface area contributed by atoms with Crippen molar-refractivity contribution >= 4 is 29.3 Å². The number of aliphatic carboxylic acids is 1. The quantitative estimate of drug-likeness (QED) is 0.792. The third-order valence-electron chi connectivity index (χ3n) is 3.22. The molecule has 0 aliphatic rings. The first kappa shape index (κ1) is 16.7. The van der Waals surface area contributed by atoms with E-state index in [4.69, 9.17) is 16.3 Å². The number of hydrogen-bond donors (Lipinski definition) is 1. The third kappa shape index (κ3) is 4.42. The van der Waals surface area contributed by atoms with Crippen LogP contribution in [0.3, 0.4) is 0 Å². The summed E-state index contributed by atoms with van der Waals surface area (Å²) in [5.74, 6) is -0.201. The van der Waals surface area contributed by atoms with Crippen molar-refractivity contribution in [2.45, 2.75) is 23.5 Å². The minimum Gasteiger partial charge on any atom is -0.496 e. The zero-order valence-electron chi connectivity index (χ0n) is 12.4. The van der Waals surface area contributed by atoms with Crippen molar-refractivity contribution in [3.8, 4) is 5.75 Å². The molecule has 0 aliphatic heterocycles. The zero-order chi connectivity index (χ0) is 16.1. The molecule has 22 heavy (non-hydrogen) atoms. The number of carbonyl (C=O) groups is 1. The molecule has 2 aromatic rings. The summed E-state index contributed by atoms with van der Waals surface area (Å²) in [5.41, 5.74) is 1.94. The number of benzene rings is 2. The molecule has 0 spiro atoms. The van der Waals surface area contributed by atoms with Gasteiger partial charge in [-0.2, -0.15) is 0 Å². The fourth-order valence-corrected chi connectivity index (χ4v) is 3.25. The Balaban J connectivity index is 2.20. The number of methoxy groups -OCH3 is 1. The molecule has 0 fully saturated rings.